The number of hydrogen-bond acceptors (Lipinski definition) is 7. The Bertz CT molecular complexity index is 1120. The molecule has 36 heavy (non-hydrogen) atoms. The lowest BCUT2D eigenvalue weighted by atomic mass is 10.1. The standard InChI is InChI=1S/C26H32N6O4/c1-26(2,3)36-25(35)30-20(23(33)31-9-5-8-18(31)13-28)14-29-22-19-11-21(19)32(24(22)34)15-17-7-4-6-16(10-17)12-27/h4,6-7,10,18-22,29H,5,8-9,11,14-15H2,1-3H3,(H,30,35)/t18?,19-,20?,21-,22+/m1/s1. The van der Waals surface area contributed by atoms with Crippen molar-refractivity contribution in [2.45, 2.75) is 76.3 Å². The largest absolute Gasteiger partial charge is 0.444 e. The van der Waals surface area contributed by atoms with Gasteiger partial charge < -0.3 is 25.2 Å². The van der Waals surface area contributed by atoms with Crippen LogP contribution in [0.3, 0.4) is 0 Å². The number of fused-ring (bicyclic) bond motifs is 1. The first-order valence-electron chi connectivity index (χ1n) is 12.3. The summed E-state index contributed by atoms with van der Waals surface area (Å²) >= 11 is 0. The lowest BCUT2D eigenvalue weighted by molar-refractivity contribution is -0.134. The fourth-order valence-corrected chi connectivity index (χ4v) is 5.07. The van der Waals surface area contributed by atoms with Crippen molar-refractivity contribution in [1.82, 2.24) is 20.4 Å². The van der Waals surface area contributed by atoms with Crippen molar-refractivity contribution in [2.24, 2.45) is 5.92 Å². The van der Waals surface area contributed by atoms with Gasteiger partial charge in [0.25, 0.3) is 0 Å². The van der Waals surface area contributed by atoms with Gasteiger partial charge in [-0.1, -0.05) is 12.1 Å². The molecular weight excluding hydrogens is 460 g/mol. The third kappa shape index (κ3) is 5.60. The third-order valence-corrected chi connectivity index (χ3v) is 6.81. The second-order valence-electron chi connectivity index (χ2n) is 10.6. The van der Waals surface area contributed by atoms with Gasteiger partial charge in [0.1, 0.15) is 17.7 Å². The maximum atomic E-state index is 13.3. The van der Waals surface area contributed by atoms with Gasteiger partial charge in [-0.3, -0.25) is 9.59 Å². The molecule has 1 aromatic carbocycles. The average molecular weight is 493 g/mol. The Morgan fingerprint density at radius 3 is 2.75 bits per heavy atom. The summed E-state index contributed by atoms with van der Waals surface area (Å²) in [5.41, 5.74) is 0.707. The monoisotopic (exact) mass is 492 g/mol. The number of carbonyl (C=O) groups is 3. The number of ether oxygens (including phenoxy) is 1. The molecule has 2 saturated heterocycles. The highest BCUT2D eigenvalue weighted by molar-refractivity contribution is 5.88. The zero-order valence-electron chi connectivity index (χ0n) is 20.9. The highest BCUT2D eigenvalue weighted by Gasteiger charge is 2.58. The molecule has 2 heterocycles. The van der Waals surface area contributed by atoms with E-state index in [1.54, 1.807) is 39.0 Å². The predicted molar refractivity (Wildman–Crippen MR) is 129 cm³/mol. The topological polar surface area (TPSA) is 139 Å². The summed E-state index contributed by atoms with van der Waals surface area (Å²) in [5.74, 6) is -0.286. The van der Waals surface area contributed by atoms with Crippen LogP contribution in [-0.2, 0) is 20.9 Å². The summed E-state index contributed by atoms with van der Waals surface area (Å²) < 4.78 is 5.35. The quantitative estimate of drug-likeness (QED) is 0.590. The number of rotatable bonds is 7. The van der Waals surface area contributed by atoms with E-state index in [4.69, 9.17) is 10.00 Å². The van der Waals surface area contributed by atoms with Crippen LogP contribution in [0.25, 0.3) is 0 Å². The molecule has 5 atom stereocenters. The van der Waals surface area contributed by atoms with Crippen LogP contribution in [0, 0.1) is 28.6 Å². The molecule has 0 aromatic heterocycles. The molecule has 3 amide bonds. The average Bonchev–Trinajstić information content (AvgIpc) is 3.36. The SMILES string of the molecule is CC(C)(C)OC(=O)NC(CN[C@@H]1C(=O)N(Cc2cccc(C#N)c2)[C@@H]2C[C@@H]12)C(=O)N1CCCC1C#N. The van der Waals surface area contributed by atoms with Crippen molar-refractivity contribution in [3.63, 3.8) is 0 Å². The van der Waals surface area contributed by atoms with Gasteiger partial charge in [-0.05, 0) is 57.7 Å². The molecule has 10 heteroatoms. The number of amides is 3. The normalized spacial score (nSPS) is 25.5. The fraction of sp³-hybridized carbons (Fsp3) is 0.577. The number of likely N-dealkylation sites (tertiary alicyclic amines) is 2. The molecular formula is C26H32N6O4. The van der Waals surface area contributed by atoms with Crippen molar-refractivity contribution >= 4 is 17.9 Å². The van der Waals surface area contributed by atoms with E-state index in [9.17, 15) is 19.6 Å². The first kappa shape index (κ1) is 25.5. The van der Waals surface area contributed by atoms with Gasteiger partial charge in [-0.2, -0.15) is 10.5 Å². The lowest BCUT2D eigenvalue weighted by Gasteiger charge is -2.29. The van der Waals surface area contributed by atoms with Gasteiger partial charge in [-0.25, -0.2) is 4.79 Å². The van der Waals surface area contributed by atoms with Crippen LogP contribution in [0.5, 0.6) is 0 Å². The third-order valence-electron chi connectivity index (χ3n) is 6.81. The van der Waals surface area contributed by atoms with E-state index >= 15 is 0 Å². The smallest absolute Gasteiger partial charge is 0.408 e. The molecule has 0 radical (unpaired) electrons. The summed E-state index contributed by atoms with van der Waals surface area (Å²) in [6, 6.07) is 9.65. The molecule has 190 valence electrons. The molecule has 0 bridgehead atoms. The van der Waals surface area contributed by atoms with Crippen molar-refractivity contribution < 1.29 is 19.1 Å². The van der Waals surface area contributed by atoms with Crippen LogP contribution in [0.15, 0.2) is 24.3 Å². The Balaban J connectivity index is 1.43. The minimum atomic E-state index is -0.972. The Morgan fingerprint density at radius 2 is 2.06 bits per heavy atom. The number of nitrogens with one attached hydrogen (secondary N) is 2. The Kier molecular flexibility index (Phi) is 7.18. The van der Waals surface area contributed by atoms with Gasteiger partial charge >= 0.3 is 6.09 Å². The van der Waals surface area contributed by atoms with Gasteiger partial charge in [0.15, 0.2) is 0 Å². The molecule has 2 unspecified atom stereocenters. The summed E-state index contributed by atoms with van der Waals surface area (Å²) in [6.07, 6.45) is 1.46. The number of piperidine rings is 1. The molecule has 1 saturated carbocycles. The highest BCUT2D eigenvalue weighted by atomic mass is 16.6. The molecule has 2 aliphatic heterocycles. The van der Waals surface area contributed by atoms with Crippen molar-refractivity contribution in [2.75, 3.05) is 13.1 Å². The highest BCUT2D eigenvalue weighted by Crippen LogP contribution is 2.46. The number of nitrogens with zero attached hydrogens (tertiary/aromatic N) is 4. The summed E-state index contributed by atoms with van der Waals surface area (Å²) in [5, 5.41) is 24.4. The maximum Gasteiger partial charge on any atom is 0.408 e. The number of hydrogen-bond donors (Lipinski definition) is 2. The van der Waals surface area contributed by atoms with Gasteiger partial charge in [0, 0.05) is 31.6 Å². The number of benzene rings is 1. The summed E-state index contributed by atoms with van der Waals surface area (Å²) in [7, 11) is 0. The summed E-state index contributed by atoms with van der Waals surface area (Å²) in [4.78, 5) is 42.3. The molecule has 3 aliphatic rings. The number of alkyl carbamates (subject to hydrolysis) is 1. The second-order valence-corrected chi connectivity index (χ2v) is 10.6. The molecule has 3 fully saturated rings. The molecule has 10 nitrogen and oxygen atoms in total. The molecule has 1 aliphatic carbocycles. The van der Waals surface area contributed by atoms with Crippen LogP contribution >= 0.6 is 0 Å². The van der Waals surface area contributed by atoms with Crippen LogP contribution in [0.4, 0.5) is 4.79 Å². The summed E-state index contributed by atoms with van der Waals surface area (Å²) in [6.45, 7) is 6.12. The molecule has 4 rings (SSSR count). The predicted octanol–water partition coefficient (Wildman–Crippen LogP) is 1.66. The van der Waals surface area contributed by atoms with Gasteiger partial charge in [0.2, 0.25) is 11.8 Å². The minimum absolute atomic E-state index is 0.0457. The van der Waals surface area contributed by atoms with E-state index in [0.29, 0.717) is 25.1 Å². The van der Waals surface area contributed by atoms with Crippen molar-refractivity contribution in [3.8, 4) is 12.1 Å². The lowest BCUT2D eigenvalue weighted by Crippen LogP contribution is -2.56. The van der Waals surface area contributed by atoms with Gasteiger partial charge in [0.05, 0.1) is 23.7 Å². The number of nitriles is 2. The van der Waals surface area contributed by atoms with E-state index in [2.05, 4.69) is 22.8 Å². The first-order chi connectivity index (χ1) is 17.1. The van der Waals surface area contributed by atoms with Crippen LogP contribution in [0.1, 0.15) is 51.2 Å². The minimum Gasteiger partial charge on any atom is -0.444 e. The zero-order valence-corrected chi connectivity index (χ0v) is 20.9. The van der Waals surface area contributed by atoms with Crippen LogP contribution < -0.4 is 10.6 Å². The molecule has 0 spiro atoms. The van der Waals surface area contributed by atoms with Crippen molar-refractivity contribution in [3.05, 3.63) is 35.4 Å². The maximum absolute atomic E-state index is 13.3. The first-order valence-corrected chi connectivity index (χ1v) is 12.3. The second kappa shape index (κ2) is 10.2. The van der Waals surface area contributed by atoms with E-state index in [-0.39, 0.29) is 30.3 Å². The number of carbonyl (C=O) groups excluding carboxylic acids is 3. The van der Waals surface area contributed by atoms with Crippen molar-refractivity contribution in [1.29, 1.82) is 10.5 Å². The van der Waals surface area contributed by atoms with E-state index in [1.165, 1.54) is 4.90 Å². The Hall–Kier alpha value is -3.63. The Labute approximate surface area is 211 Å². The van der Waals surface area contributed by atoms with E-state index < -0.39 is 29.8 Å². The Morgan fingerprint density at radius 1 is 1.28 bits per heavy atom. The van der Waals surface area contributed by atoms with Crippen LogP contribution in [-0.4, -0.2) is 70.6 Å². The fourth-order valence-electron chi connectivity index (χ4n) is 5.07. The van der Waals surface area contributed by atoms with E-state index in [0.717, 1.165) is 18.4 Å². The zero-order chi connectivity index (χ0) is 26.0. The molecule has 2 N–H and O–H groups in total. The molecule has 1 aromatic rings. The van der Waals surface area contributed by atoms with E-state index in [1.807, 2.05) is 11.0 Å². The van der Waals surface area contributed by atoms with Gasteiger partial charge in [-0.15, -0.1) is 0 Å². The van der Waals surface area contributed by atoms with Crippen LogP contribution in [0.2, 0.25) is 0 Å².